The molecule has 0 aliphatic rings. The van der Waals surface area contributed by atoms with Crippen LogP contribution in [0.5, 0.6) is 5.75 Å². The fourth-order valence-electron chi connectivity index (χ4n) is 3.07. The number of nitrogens with one attached hydrogen (secondary N) is 1. The summed E-state index contributed by atoms with van der Waals surface area (Å²) in [5, 5.41) is 2.86. The zero-order valence-corrected chi connectivity index (χ0v) is 17.6. The highest BCUT2D eigenvalue weighted by Gasteiger charge is 2.31. The second-order valence-corrected chi connectivity index (χ2v) is 8.44. The number of benzene rings is 2. The van der Waals surface area contributed by atoms with Crippen molar-refractivity contribution in [3.63, 3.8) is 0 Å². The fourth-order valence-corrected chi connectivity index (χ4v) is 4.28. The monoisotopic (exact) mass is 404 g/mol. The Bertz CT molecular complexity index is 912. The van der Waals surface area contributed by atoms with Crippen LogP contribution in [-0.4, -0.2) is 33.2 Å². The number of aryl methyl sites for hydroxylation is 1. The highest BCUT2D eigenvalue weighted by molar-refractivity contribution is 7.92. The Balaban J connectivity index is 2.25. The number of nitrogens with zero attached hydrogens (tertiary/aromatic N) is 1. The van der Waals surface area contributed by atoms with Crippen LogP contribution in [-0.2, 0) is 21.4 Å². The lowest BCUT2D eigenvalue weighted by Crippen LogP contribution is -2.49. The van der Waals surface area contributed by atoms with E-state index in [2.05, 4.69) is 5.32 Å². The lowest BCUT2D eigenvalue weighted by molar-refractivity contribution is -0.122. The van der Waals surface area contributed by atoms with Crippen molar-refractivity contribution in [2.75, 3.05) is 17.2 Å². The molecule has 0 radical (unpaired) electrons. The molecular formula is C21H28N2O4S. The molecule has 0 fully saturated rings. The van der Waals surface area contributed by atoms with Gasteiger partial charge in [-0.1, -0.05) is 37.3 Å². The largest absolute Gasteiger partial charge is 0.494 e. The van der Waals surface area contributed by atoms with E-state index in [9.17, 15) is 13.2 Å². The first kappa shape index (κ1) is 21.8. The van der Waals surface area contributed by atoms with Gasteiger partial charge in [-0.05, 0) is 44.0 Å². The van der Waals surface area contributed by atoms with Crippen molar-refractivity contribution in [2.45, 2.75) is 39.8 Å². The van der Waals surface area contributed by atoms with Gasteiger partial charge in [-0.15, -0.1) is 0 Å². The van der Waals surface area contributed by atoms with Gasteiger partial charge in [0.15, 0.2) is 0 Å². The van der Waals surface area contributed by atoms with Gasteiger partial charge in [-0.3, -0.25) is 9.10 Å². The van der Waals surface area contributed by atoms with E-state index < -0.39 is 16.1 Å². The van der Waals surface area contributed by atoms with Gasteiger partial charge < -0.3 is 10.1 Å². The second-order valence-electron chi connectivity index (χ2n) is 6.58. The van der Waals surface area contributed by atoms with Gasteiger partial charge in [-0.25, -0.2) is 8.42 Å². The number of sulfonamides is 1. The summed E-state index contributed by atoms with van der Waals surface area (Å²) in [5.41, 5.74) is 2.25. The van der Waals surface area contributed by atoms with Gasteiger partial charge in [-0.2, -0.15) is 0 Å². The number of amides is 1. The molecule has 0 aliphatic heterocycles. The second kappa shape index (κ2) is 9.59. The quantitative estimate of drug-likeness (QED) is 0.696. The predicted molar refractivity (Wildman–Crippen MR) is 112 cm³/mol. The molecule has 0 heterocycles. The first-order valence-electron chi connectivity index (χ1n) is 9.32. The Kier molecular flexibility index (Phi) is 7.45. The van der Waals surface area contributed by atoms with Crippen LogP contribution in [0, 0.1) is 6.92 Å². The topological polar surface area (TPSA) is 75.7 Å². The lowest BCUT2D eigenvalue weighted by Gasteiger charge is -2.30. The third kappa shape index (κ3) is 5.48. The molecule has 0 spiro atoms. The third-order valence-electron chi connectivity index (χ3n) is 4.31. The van der Waals surface area contributed by atoms with E-state index >= 15 is 0 Å². The number of rotatable bonds is 9. The molecule has 2 aromatic rings. The average Bonchev–Trinajstić information content (AvgIpc) is 2.64. The first-order chi connectivity index (χ1) is 13.3. The Morgan fingerprint density at radius 1 is 1.14 bits per heavy atom. The maximum Gasteiger partial charge on any atom is 0.244 e. The van der Waals surface area contributed by atoms with Crippen molar-refractivity contribution >= 4 is 21.6 Å². The molecule has 0 aromatic heterocycles. The highest BCUT2D eigenvalue weighted by Crippen LogP contribution is 2.24. The van der Waals surface area contributed by atoms with E-state index in [1.165, 1.54) is 4.31 Å². The number of carbonyl (C=O) groups is 1. The van der Waals surface area contributed by atoms with Gasteiger partial charge in [0.05, 0.1) is 18.6 Å². The zero-order chi connectivity index (χ0) is 20.7. The van der Waals surface area contributed by atoms with Gasteiger partial charge in [0, 0.05) is 12.1 Å². The molecule has 0 saturated heterocycles. The number of carbonyl (C=O) groups excluding carboxylic acids is 1. The van der Waals surface area contributed by atoms with Crippen LogP contribution in [0.3, 0.4) is 0 Å². The fraction of sp³-hybridized carbons (Fsp3) is 0.381. The Morgan fingerprint density at radius 2 is 1.86 bits per heavy atom. The average molecular weight is 405 g/mol. The molecule has 0 unspecified atom stereocenters. The number of anilines is 1. The third-order valence-corrected chi connectivity index (χ3v) is 5.49. The molecule has 1 amide bonds. The number of ether oxygens (including phenoxy) is 1. The van der Waals surface area contributed by atoms with Crippen LogP contribution in [0.15, 0.2) is 48.5 Å². The zero-order valence-electron chi connectivity index (χ0n) is 16.8. The summed E-state index contributed by atoms with van der Waals surface area (Å²) in [4.78, 5) is 12.9. The number of hydrogen-bond acceptors (Lipinski definition) is 4. The lowest BCUT2D eigenvalue weighted by atomic mass is 10.1. The normalized spacial score (nSPS) is 12.3. The summed E-state index contributed by atoms with van der Waals surface area (Å²) >= 11 is 0. The molecule has 152 valence electrons. The SMILES string of the molecule is CCOc1ccccc1CNC(=O)[C@@H](CC)N(c1cccc(C)c1)S(C)(=O)=O. The van der Waals surface area contributed by atoms with Gasteiger partial charge in [0.25, 0.3) is 0 Å². The van der Waals surface area contributed by atoms with Crippen molar-refractivity contribution < 1.29 is 17.9 Å². The van der Waals surface area contributed by atoms with E-state index in [-0.39, 0.29) is 12.5 Å². The molecule has 1 atom stereocenters. The van der Waals surface area contributed by atoms with E-state index in [1.807, 2.05) is 44.2 Å². The molecule has 6 nitrogen and oxygen atoms in total. The Hall–Kier alpha value is -2.54. The first-order valence-corrected chi connectivity index (χ1v) is 11.2. The van der Waals surface area contributed by atoms with Crippen LogP contribution < -0.4 is 14.4 Å². The van der Waals surface area contributed by atoms with Crippen LogP contribution in [0.25, 0.3) is 0 Å². The number of para-hydroxylation sites is 1. The van der Waals surface area contributed by atoms with E-state index in [4.69, 9.17) is 4.74 Å². The van der Waals surface area contributed by atoms with Crippen LogP contribution in [0.4, 0.5) is 5.69 Å². The maximum atomic E-state index is 12.9. The molecular weight excluding hydrogens is 376 g/mol. The summed E-state index contributed by atoms with van der Waals surface area (Å²) in [5.74, 6) is 0.359. The molecule has 0 saturated carbocycles. The summed E-state index contributed by atoms with van der Waals surface area (Å²) in [6.45, 7) is 6.37. The molecule has 1 N–H and O–H groups in total. The van der Waals surface area contributed by atoms with Gasteiger partial charge in [0.1, 0.15) is 11.8 Å². The molecule has 0 aliphatic carbocycles. The van der Waals surface area contributed by atoms with Crippen molar-refractivity contribution in [3.05, 3.63) is 59.7 Å². The van der Waals surface area contributed by atoms with E-state index in [1.54, 1.807) is 25.1 Å². The summed E-state index contributed by atoms with van der Waals surface area (Å²) < 4.78 is 31.8. The Labute approximate surface area is 167 Å². The summed E-state index contributed by atoms with van der Waals surface area (Å²) in [7, 11) is -3.64. The smallest absolute Gasteiger partial charge is 0.244 e. The van der Waals surface area contributed by atoms with Crippen molar-refractivity contribution in [1.29, 1.82) is 0 Å². The minimum atomic E-state index is -3.64. The Morgan fingerprint density at radius 3 is 2.46 bits per heavy atom. The van der Waals surface area contributed by atoms with Crippen molar-refractivity contribution in [3.8, 4) is 5.75 Å². The summed E-state index contributed by atoms with van der Waals surface area (Å²) in [6.07, 6.45) is 1.47. The van der Waals surface area contributed by atoms with E-state index in [0.717, 1.165) is 17.4 Å². The maximum absolute atomic E-state index is 12.9. The van der Waals surface area contributed by atoms with Crippen molar-refractivity contribution in [1.82, 2.24) is 5.32 Å². The minimum Gasteiger partial charge on any atom is -0.494 e. The summed E-state index contributed by atoms with van der Waals surface area (Å²) in [6, 6.07) is 13.8. The predicted octanol–water partition coefficient (Wildman–Crippen LogP) is 3.25. The molecule has 2 rings (SSSR count). The standard InChI is InChI=1S/C21H28N2O4S/c1-5-19(23(28(4,25)26)18-12-9-10-16(3)14-18)21(24)22-15-17-11-7-8-13-20(17)27-6-2/h7-14,19H,5-6,15H2,1-4H3,(H,22,24)/t19-/m1/s1. The molecule has 0 bridgehead atoms. The molecule has 7 heteroatoms. The highest BCUT2D eigenvalue weighted by atomic mass is 32.2. The van der Waals surface area contributed by atoms with Crippen LogP contribution in [0.1, 0.15) is 31.4 Å². The van der Waals surface area contributed by atoms with Crippen molar-refractivity contribution in [2.24, 2.45) is 0 Å². The minimum absolute atomic E-state index is 0.261. The van der Waals surface area contributed by atoms with Crippen LogP contribution in [0.2, 0.25) is 0 Å². The van der Waals surface area contributed by atoms with Gasteiger partial charge in [0.2, 0.25) is 15.9 Å². The van der Waals surface area contributed by atoms with Gasteiger partial charge >= 0.3 is 0 Å². The van der Waals surface area contributed by atoms with E-state index in [0.29, 0.717) is 24.5 Å². The molecule has 28 heavy (non-hydrogen) atoms. The molecule has 2 aromatic carbocycles. The number of hydrogen-bond donors (Lipinski definition) is 1. The van der Waals surface area contributed by atoms with Crippen LogP contribution >= 0.6 is 0 Å².